The first-order chi connectivity index (χ1) is 7.30. The molecule has 0 aliphatic heterocycles. The Morgan fingerprint density at radius 3 is 2.00 bits per heavy atom. The lowest BCUT2D eigenvalue weighted by atomic mass is 10.5. The molecule has 0 amide bonds. The maximum atomic E-state index is 5.51. The molecule has 0 saturated carbocycles. The van der Waals surface area contributed by atoms with Crippen molar-refractivity contribution in [2.45, 2.75) is 25.6 Å². The maximum Gasteiger partial charge on any atom is 0.195 e. The highest BCUT2D eigenvalue weighted by atomic mass is 28.4. The van der Waals surface area contributed by atoms with Crippen molar-refractivity contribution in [3.8, 4) is 0 Å². The van der Waals surface area contributed by atoms with Gasteiger partial charge in [-0.2, -0.15) is 0 Å². The minimum absolute atomic E-state index is 0.880. The van der Waals surface area contributed by atoms with Gasteiger partial charge in [0.15, 0.2) is 14.3 Å². The van der Waals surface area contributed by atoms with Crippen LogP contribution in [0.4, 0.5) is 0 Å². The van der Waals surface area contributed by atoms with E-state index in [0.717, 1.165) is 18.9 Å². The lowest BCUT2D eigenvalue weighted by Gasteiger charge is -2.23. The zero-order chi connectivity index (χ0) is 12.8. The average Bonchev–Trinajstić information content (AvgIpc) is 2.16. The van der Waals surface area contributed by atoms with Crippen LogP contribution in [0.25, 0.3) is 0 Å². The molecule has 0 bridgehead atoms. The van der Waals surface area contributed by atoms with E-state index < -0.39 is 8.32 Å². The SMILES string of the molecule is CO[Si](C)(C)CCCN=C(N(C)C)N(C)C. The van der Waals surface area contributed by atoms with Gasteiger partial charge in [0, 0.05) is 41.8 Å². The van der Waals surface area contributed by atoms with Crippen LogP contribution in [0.15, 0.2) is 4.99 Å². The molecule has 0 aromatic rings. The third kappa shape index (κ3) is 6.12. The smallest absolute Gasteiger partial charge is 0.195 e. The van der Waals surface area contributed by atoms with Crippen molar-refractivity contribution in [3.63, 3.8) is 0 Å². The van der Waals surface area contributed by atoms with Crippen molar-refractivity contribution < 1.29 is 4.43 Å². The number of hydrogen-bond donors (Lipinski definition) is 0. The van der Waals surface area contributed by atoms with Crippen LogP contribution in [-0.4, -0.2) is 65.9 Å². The zero-order valence-corrected chi connectivity index (χ0v) is 12.9. The van der Waals surface area contributed by atoms with Crippen LogP contribution in [0.2, 0.25) is 19.1 Å². The summed E-state index contributed by atoms with van der Waals surface area (Å²) >= 11 is 0. The summed E-state index contributed by atoms with van der Waals surface area (Å²) in [6.45, 7) is 5.37. The lowest BCUT2D eigenvalue weighted by molar-refractivity contribution is 0.402. The summed E-state index contributed by atoms with van der Waals surface area (Å²) in [5, 5.41) is 0. The van der Waals surface area contributed by atoms with Gasteiger partial charge in [0.25, 0.3) is 0 Å². The zero-order valence-electron chi connectivity index (χ0n) is 11.9. The van der Waals surface area contributed by atoms with Gasteiger partial charge in [-0.1, -0.05) is 0 Å². The van der Waals surface area contributed by atoms with Crippen molar-refractivity contribution in [1.29, 1.82) is 0 Å². The molecule has 0 atom stereocenters. The topological polar surface area (TPSA) is 28.1 Å². The van der Waals surface area contributed by atoms with E-state index in [1.54, 1.807) is 0 Å². The predicted molar refractivity (Wildman–Crippen MR) is 73.6 cm³/mol. The molecule has 0 radical (unpaired) electrons. The predicted octanol–water partition coefficient (Wildman–Crippen LogP) is 1.71. The van der Waals surface area contributed by atoms with Gasteiger partial charge in [0.05, 0.1) is 0 Å². The van der Waals surface area contributed by atoms with Crippen molar-refractivity contribution >= 4 is 14.3 Å². The van der Waals surface area contributed by atoms with Gasteiger partial charge >= 0.3 is 0 Å². The molecule has 5 heteroatoms. The Morgan fingerprint density at radius 1 is 1.12 bits per heavy atom. The van der Waals surface area contributed by atoms with Crippen LogP contribution < -0.4 is 0 Å². The Bertz CT molecular complexity index is 217. The highest BCUT2D eigenvalue weighted by Gasteiger charge is 2.19. The third-order valence-corrected chi connectivity index (χ3v) is 5.21. The molecule has 0 unspecified atom stereocenters. The van der Waals surface area contributed by atoms with Gasteiger partial charge in [0.2, 0.25) is 0 Å². The van der Waals surface area contributed by atoms with Crippen molar-refractivity contribution in [1.82, 2.24) is 9.80 Å². The molecular formula is C11H27N3OSi. The van der Waals surface area contributed by atoms with Gasteiger partial charge in [-0.05, 0) is 25.6 Å². The highest BCUT2D eigenvalue weighted by Crippen LogP contribution is 2.12. The van der Waals surface area contributed by atoms with E-state index in [9.17, 15) is 0 Å². The van der Waals surface area contributed by atoms with Gasteiger partial charge in [-0.3, -0.25) is 4.99 Å². The number of rotatable bonds is 5. The summed E-state index contributed by atoms with van der Waals surface area (Å²) in [6, 6.07) is 1.17. The molecular weight excluding hydrogens is 218 g/mol. The van der Waals surface area contributed by atoms with Gasteiger partial charge in [-0.15, -0.1) is 0 Å². The first kappa shape index (κ1) is 15.4. The first-order valence-electron chi connectivity index (χ1n) is 5.74. The average molecular weight is 245 g/mol. The largest absolute Gasteiger partial charge is 0.420 e. The minimum atomic E-state index is -1.40. The Labute approximate surface area is 101 Å². The van der Waals surface area contributed by atoms with E-state index in [-0.39, 0.29) is 0 Å². The van der Waals surface area contributed by atoms with Crippen LogP contribution in [0.1, 0.15) is 6.42 Å². The van der Waals surface area contributed by atoms with E-state index in [0.29, 0.717) is 0 Å². The Kier molecular flexibility index (Phi) is 6.67. The fraction of sp³-hybridized carbons (Fsp3) is 0.909. The van der Waals surface area contributed by atoms with Gasteiger partial charge in [0.1, 0.15) is 0 Å². The monoisotopic (exact) mass is 245 g/mol. The molecule has 0 saturated heterocycles. The molecule has 96 valence electrons. The van der Waals surface area contributed by atoms with Gasteiger partial charge in [-0.25, -0.2) is 0 Å². The van der Waals surface area contributed by atoms with E-state index in [1.807, 2.05) is 45.1 Å². The molecule has 0 rings (SSSR count). The number of guanidine groups is 1. The van der Waals surface area contributed by atoms with E-state index in [1.165, 1.54) is 6.04 Å². The molecule has 0 N–H and O–H groups in total. The molecule has 16 heavy (non-hydrogen) atoms. The fourth-order valence-electron chi connectivity index (χ4n) is 1.47. The molecule has 0 fully saturated rings. The second kappa shape index (κ2) is 6.91. The van der Waals surface area contributed by atoms with E-state index in [4.69, 9.17) is 4.43 Å². The van der Waals surface area contributed by atoms with Crippen molar-refractivity contribution in [2.75, 3.05) is 41.8 Å². The molecule has 0 spiro atoms. The molecule has 0 aliphatic rings. The van der Waals surface area contributed by atoms with E-state index in [2.05, 4.69) is 18.1 Å². The number of hydrogen-bond acceptors (Lipinski definition) is 2. The summed E-state index contributed by atoms with van der Waals surface area (Å²) in [7, 11) is 8.50. The van der Waals surface area contributed by atoms with Crippen LogP contribution in [0.3, 0.4) is 0 Å². The van der Waals surface area contributed by atoms with Crippen molar-refractivity contribution in [3.05, 3.63) is 0 Å². The van der Waals surface area contributed by atoms with Crippen LogP contribution >= 0.6 is 0 Å². The van der Waals surface area contributed by atoms with E-state index >= 15 is 0 Å². The van der Waals surface area contributed by atoms with Crippen LogP contribution in [0, 0.1) is 0 Å². The second-order valence-electron chi connectivity index (χ2n) is 5.04. The summed E-state index contributed by atoms with van der Waals surface area (Å²) in [4.78, 5) is 8.68. The first-order valence-corrected chi connectivity index (χ1v) is 8.86. The van der Waals surface area contributed by atoms with Gasteiger partial charge < -0.3 is 14.2 Å². The summed E-state index contributed by atoms with van der Waals surface area (Å²) in [6.07, 6.45) is 1.11. The lowest BCUT2D eigenvalue weighted by Crippen LogP contribution is -2.35. The Morgan fingerprint density at radius 2 is 1.62 bits per heavy atom. The summed E-state index contributed by atoms with van der Waals surface area (Å²) in [5.74, 6) is 1.02. The minimum Gasteiger partial charge on any atom is -0.420 e. The standard InChI is InChI=1S/C11H27N3OSi/c1-13(2)11(14(3)4)12-9-8-10-16(6,7)15-5/h8-10H2,1-7H3. The Balaban J connectivity index is 4.07. The molecule has 0 aromatic carbocycles. The third-order valence-electron chi connectivity index (χ3n) is 2.54. The number of aliphatic imine (C=N–C) groups is 1. The summed E-state index contributed by atoms with van der Waals surface area (Å²) < 4.78 is 5.51. The number of nitrogens with zero attached hydrogens (tertiary/aromatic N) is 3. The van der Waals surface area contributed by atoms with Crippen molar-refractivity contribution in [2.24, 2.45) is 4.99 Å². The fourth-order valence-corrected chi connectivity index (χ4v) is 2.68. The second-order valence-corrected chi connectivity index (χ2v) is 9.47. The Hall–Kier alpha value is -0.553. The normalized spacial score (nSPS) is 11.2. The molecule has 0 aliphatic carbocycles. The maximum absolute atomic E-state index is 5.51. The molecule has 0 heterocycles. The summed E-state index contributed by atoms with van der Waals surface area (Å²) in [5.41, 5.74) is 0. The molecule has 4 nitrogen and oxygen atoms in total. The molecule has 0 aromatic heterocycles. The van der Waals surface area contributed by atoms with Crippen LogP contribution in [-0.2, 0) is 4.43 Å². The highest BCUT2D eigenvalue weighted by molar-refractivity contribution is 6.71. The van der Waals surface area contributed by atoms with Crippen LogP contribution in [0.5, 0.6) is 0 Å². The quantitative estimate of drug-likeness (QED) is 0.319.